The first-order valence-electron chi connectivity index (χ1n) is 21.0. The zero-order valence-electron chi connectivity index (χ0n) is 37.2. The predicted molar refractivity (Wildman–Crippen MR) is 249 cm³/mol. The molecule has 2 aromatic rings. The van der Waals surface area contributed by atoms with Gasteiger partial charge in [-0.1, -0.05) is 87.1 Å². The van der Waals surface area contributed by atoms with Crippen LogP contribution in [0.5, 0.6) is 23.0 Å². The average molecular weight is 1070 g/mol. The predicted octanol–water partition coefficient (Wildman–Crippen LogP) is 14.8. The number of aryl methyl sites for hydroxylation is 2. The van der Waals surface area contributed by atoms with Crippen LogP contribution < -0.4 is 9.47 Å². The van der Waals surface area contributed by atoms with Gasteiger partial charge in [-0.25, -0.2) is 0 Å². The molecule has 61 heavy (non-hydrogen) atoms. The molecule has 346 valence electrons. The van der Waals surface area contributed by atoms with E-state index in [1.54, 1.807) is 0 Å². The fourth-order valence-electron chi connectivity index (χ4n) is 8.00. The smallest absolute Gasteiger partial charge is 0.693 e. The van der Waals surface area contributed by atoms with Gasteiger partial charge in [-0.05, 0) is 126 Å². The van der Waals surface area contributed by atoms with Crippen molar-refractivity contribution in [2.45, 2.75) is 143 Å². The molecule has 2 aromatic carbocycles. The van der Waals surface area contributed by atoms with E-state index in [-0.39, 0.29) is 73.5 Å². The zero-order valence-corrected chi connectivity index (χ0v) is 40.9. The first kappa shape index (κ1) is 57.7. The third-order valence-electron chi connectivity index (χ3n) is 11.1. The molecule has 0 spiro atoms. The molecule has 0 radical (unpaired) electrons. The summed E-state index contributed by atoms with van der Waals surface area (Å²) in [5.74, 6) is 0.375. The summed E-state index contributed by atoms with van der Waals surface area (Å²) < 4.78 is 11.8. The van der Waals surface area contributed by atoms with Crippen molar-refractivity contribution in [2.24, 2.45) is 11.8 Å². The van der Waals surface area contributed by atoms with E-state index in [0.717, 1.165) is 110 Å². The number of unbranched alkanes of at least 4 members (excludes halogenated alkanes) is 4. The Bertz CT molecular complexity index is 1640. The summed E-state index contributed by atoms with van der Waals surface area (Å²) in [6, 6.07) is 7.67. The largest absolute Gasteiger partial charge is 0.693 e. The molecule has 0 heterocycles. The van der Waals surface area contributed by atoms with Crippen molar-refractivity contribution in [1.82, 2.24) is 0 Å². The van der Waals surface area contributed by atoms with Gasteiger partial charge in [0, 0.05) is 23.0 Å². The van der Waals surface area contributed by atoms with Crippen LogP contribution in [-0.4, -0.2) is 45.6 Å². The van der Waals surface area contributed by atoms with E-state index >= 15 is 0 Å². The Kier molecular flexibility index (Phi) is 29.1. The summed E-state index contributed by atoms with van der Waals surface area (Å²) >= 11 is -0.472. The minimum Gasteiger partial charge on any atom is -0.693 e. The average Bonchev–Trinajstić information content (AvgIpc) is 3.15. The maximum absolute atomic E-state index is 10.9. The quantitative estimate of drug-likeness (QED) is 0.0741. The molecule has 8 N–H and O–H groups in total. The molecule has 2 aliphatic rings. The standard InChI is InChI=1S/2C24H34O4.2ClH.2H2N.Pt/c2*1-5-6-7-8-18-14-21(25)24(22(15-18)28-12-11-23(26)27)20-13-17(4)9-10-19(20)16(2)3;;;;;/h2*13-15,19-20,25H,2,5-12H2,1,3-4H3,(H,26,27);2*1H;2*1H2;/q;;;;2*-1;+4/p-2/t2*19-,20+;;;;;/m11...../s1. The molecule has 4 rings (SSSR count). The van der Waals surface area contributed by atoms with E-state index in [1.807, 2.05) is 38.1 Å². The molecule has 0 bridgehead atoms. The number of hydrogen-bond donors (Lipinski definition) is 4. The number of hydrogen-bond acceptors (Lipinski definition) is 6. The summed E-state index contributed by atoms with van der Waals surface area (Å²) in [5.41, 5.74) is 8.37. The van der Waals surface area contributed by atoms with E-state index in [0.29, 0.717) is 11.5 Å². The van der Waals surface area contributed by atoms with Crippen molar-refractivity contribution >= 4 is 30.8 Å². The Balaban J connectivity index is 0.00000108. The Morgan fingerprint density at radius 2 is 1.03 bits per heavy atom. The van der Waals surface area contributed by atoms with Crippen LogP contribution in [0, 0.1) is 11.8 Å². The van der Waals surface area contributed by atoms with Crippen LogP contribution in [0.3, 0.4) is 0 Å². The van der Waals surface area contributed by atoms with E-state index in [4.69, 9.17) is 38.5 Å². The second-order valence-electron chi connectivity index (χ2n) is 16.1. The van der Waals surface area contributed by atoms with Crippen LogP contribution in [0.4, 0.5) is 0 Å². The number of benzene rings is 2. The molecule has 0 unspecified atom stereocenters. The summed E-state index contributed by atoms with van der Waals surface area (Å²) in [4.78, 5) is 21.8. The number of carboxylic acid groups (broad SMARTS) is 2. The molecule has 13 heteroatoms. The molecule has 0 amide bonds. The Morgan fingerprint density at radius 1 is 0.689 bits per heavy atom. The Labute approximate surface area is 382 Å². The van der Waals surface area contributed by atoms with Gasteiger partial charge >= 0.3 is 47.3 Å². The summed E-state index contributed by atoms with van der Waals surface area (Å²) in [5, 5.41) is 39.8. The number of nitrogens with two attached hydrogens (primary N) is 2. The third kappa shape index (κ3) is 19.8. The van der Waals surface area contributed by atoms with Crippen molar-refractivity contribution in [1.29, 1.82) is 0 Å². The number of aliphatic carboxylic acids is 2. The molecular formula is C48H72Cl2N2O8Pt. The number of ether oxygens (including phenoxy) is 2. The Hall–Kier alpha value is -3.27. The molecule has 2 aliphatic carbocycles. The van der Waals surface area contributed by atoms with Gasteiger partial charge in [0.05, 0.1) is 26.1 Å². The van der Waals surface area contributed by atoms with Crippen LogP contribution in [-0.2, 0) is 38.9 Å². The van der Waals surface area contributed by atoms with E-state index in [9.17, 15) is 19.8 Å². The number of rotatable bonds is 20. The van der Waals surface area contributed by atoms with Gasteiger partial charge in [-0.3, -0.25) is 9.59 Å². The van der Waals surface area contributed by atoms with Gasteiger partial charge < -0.3 is 42.2 Å². The third-order valence-corrected chi connectivity index (χ3v) is 11.1. The van der Waals surface area contributed by atoms with Gasteiger partial charge in [-0.15, -0.1) is 0 Å². The van der Waals surface area contributed by atoms with Gasteiger partial charge in [-0.2, -0.15) is 0 Å². The molecular weight excluding hydrogens is 999 g/mol. The van der Waals surface area contributed by atoms with Gasteiger partial charge in [0.1, 0.15) is 23.0 Å². The van der Waals surface area contributed by atoms with Crippen LogP contribution in [0.15, 0.2) is 71.9 Å². The van der Waals surface area contributed by atoms with Crippen LogP contribution in [0.25, 0.3) is 12.3 Å². The van der Waals surface area contributed by atoms with Gasteiger partial charge in [0.25, 0.3) is 0 Å². The summed E-state index contributed by atoms with van der Waals surface area (Å²) in [6.45, 7) is 21.1. The number of carboxylic acids is 2. The minimum absolute atomic E-state index is 0. The van der Waals surface area contributed by atoms with Gasteiger partial charge in [0.15, 0.2) is 0 Å². The van der Waals surface area contributed by atoms with Crippen molar-refractivity contribution < 1.29 is 56.0 Å². The topological polar surface area (TPSA) is 201 Å². The van der Waals surface area contributed by atoms with Crippen LogP contribution in [0.1, 0.15) is 153 Å². The van der Waals surface area contributed by atoms with E-state index < -0.39 is 28.4 Å². The number of phenols is 2. The number of halogens is 2. The fraction of sp³-hybridized carbons (Fsp3) is 0.542. The normalized spacial score (nSPS) is 18.0. The van der Waals surface area contributed by atoms with Crippen LogP contribution >= 0.6 is 18.8 Å². The van der Waals surface area contributed by atoms with Gasteiger partial charge in [0.2, 0.25) is 0 Å². The molecule has 0 saturated carbocycles. The molecule has 0 aliphatic heterocycles. The molecule has 10 nitrogen and oxygen atoms in total. The number of carbonyl (C=O) groups is 2. The van der Waals surface area contributed by atoms with Crippen molar-refractivity contribution in [3.63, 3.8) is 0 Å². The monoisotopic (exact) mass is 1070 g/mol. The van der Waals surface area contributed by atoms with Crippen LogP contribution in [0.2, 0.25) is 0 Å². The molecule has 0 aromatic heterocycles. The van der Waals surface area contributed by atoms with Crippen molar-refractivity contribution in [3.8, 4) is 23.0 Å². The fourth-order valence-corrected chi connectivity index (χ4v) is 8.00. The molecule has 0 saturated heterocycles. The zero-order chi connectivity index (χ0) is 44.1. The Morgan fingerprint density at radius 3 is 1.33 bits per heavy atom. The number of aromatic hydroxyl groups is 2. The summed E-state index contributed by atoms with van der Waals surface area (Å²) in [7, 11) is 9.75. The molecule has 4 atom stereocenters. The summed E-state index contributed by atoms with van der Waals surface area (Å²) in [6.07, 6.45) is 16.7. The second-order valence-corrected chi connectivity index (χ2v) is 19.3. The second kappa shape index (κ2) is 30.7. The number of allylic oxidation sites excluding steroid dienone is 6. The first-order valence-corrected chi connectivity index (χ1v) is 26.6. The SMILES string of the molecule is C=C(C)[C@H]1CCC(C)=C[C@@H]1c1c(O)cc(CCCCC)cc1OCCC(=O)O.C=C(C)[C@H]1CCC(C)=C[C@@H]1c1c(O)cc(CCCCC)cc1OCCC(=O)O.[Cl][Pt+2][Cl].[NH2-].[NH2-]. The molecule has 0 fully saturated rings. The minimum atomic E-state index is -0.891. The number of phenolic OH excluding ortho intramolecular Hbond substituents is 2. The van der Waals surface area contributed by atoms with Crippen molar-refractivity contribution in [2.75, 3.05) is 13.2 Å². The van der Waals surface area contributed by atoms with E-state index in [1.165, 1.54) is 11.1 Å². The maximum atomic E-state index is 10.9. The first-order chi connectivity index (χ1) is 28.1. The maximum Gasteiger partial charge on any atom is -0.693 e. The van der Waals surface area contributed by atoms with Crippen molar-refractivity contribution in [3.05, 3.63) is 106 Å². The van der Waals surface area contributed by atoms with E-state index in [2.05, 4.69) is 53.0 Å².